The lowest BCUT2D eigenvalue weighted by Gasteiger charge is -2.35. The number of rotatable bonds is 6. The van der Waals surface area contributed by atoms with E-state index in [1.54, 1.807) is 12.4 Å². The van der Waals surface area contributed by atoms with Gasteiger partial charge in [-0.25, -0.2) is 15.0 Å². The Kier molecular flexibility index (Phi) is 6.12. The standard InChI is InChI=1S/C22H25N7O/c1-17-26-19(18-6-2-4-9-23-18)16-20(27-17)24-11-8-22(30)29-14-12-28(13-15-29)21-7-3-5-10-25-21/h2-7,9-10,16H,8,11-15H2,1H3,(H,24,26,27). The van der Waals surface area contributed by atoms with Crippen molar-refractivity contribution in [2.75, 3.05) is 42.9 Å². The molecule has 4 heterocycles. The SMILES string of the molecule is Cc1nc(NCCC(=O)N2CCN(c3ccccn3)CC2)cc(-c2ccccn2)n1. The molecule has 0 atom stereocenters. The van der Waals surface area contributed by atoms with E-state index in [1.165, 1.54) is 0 Å². The van der Waals surface area contributed by atoms with E-state index in [-0.39, 0.29) is 5.91 Å². The largest absolute Gasteiger partial charge is 0.369 e. The van der Waals surface area contributed by atoms with E-state index in [2.05, 4.69) is 30.2 Å². The summed E-state index contributed by atoms with van der Waals surface area (Å²) in [7, 11) is 0. The average molecular weight is 403 g/mol. The molecule has 4 rings (SSSR count). The lowest BCUT2D eigenvalue weighted by atomic mass is 10.2. The summed E-state index contributed by atoms with van der Waals surface area (Å²) in [5, 5.41) is 3.25. The number of piperazine rings is 1. The molecule has 0 radical (unpaired) electrons. The van der Waals surface area contributed by atoms with Crippen LogP contribution in [-0.2, 0) is 4.79 Å². The minimum Gasteiger partial charge on any atom is -0.369 e. The molecule has 1 aliphatic heterocycles. The summed E-state index contributed by atoms with van der Waals surface area (Å²) in [6.45, 7) is 5.41. The predicted molar refractivity (Wildman–Crippen MR) is 116 cm³/mol. The zero-order chi connectivity index (χ0) is 20.8. The molecule has 1 N–H and O–H groups in total. The number of hydrogen-bond donors (Lipinski definition) is 1. The Morgan fingerprint density at radius 3 is 2.43 bits per heavy atom. The summed E-state index contributed by atoms with van der Waals surface area (Å²) in [6, 6.07) is 13.5. The molecule has 0 aromatic carbocycles. The van der Waals surface area contributed by atoms with Crippen LogP contribution in [0.25, 0.3) is 11.4 Å². The summed E-state index contributed by atoms with van der Waals surface area (Å²) in [6.07, 6.45) is 3.96. The normalized spacial score (nSPS) is 13.9. The van der Waals surface area contributed by atoms with Gasteiger partial charge in [-0.1, -0.05) is 12.1 Å². The molecule has 0 saturated carbocycles. The van der Waals surface area contributed by atoms with E-state index in [0.29, 0.717) is 37.7 Å². The molecular formula is C22H25N7O. The van der Waals surface area contributed by atoms with Crippen LogP contribution >= 0.6 is 0 Å². The van der Waals surface area contributed by atoms with E-state index < -0.39 is 0 Å². The van der Waals surface area contributed by atoms with E-state index in [9.17, 15) is 4.79 Å². The zero-order valence-corrected chi connectivity index (χ0v) is 17.0. The van der Waals surface area contributed by atoms with Gasteiger partial charge in [0.05, 0.1) is 11.4 Å². The van der Waals surface area contributed by atoms with Crippen molar-refractivity contribution in [1.29, 1.82) is 0 Å². The number of pyridine rings is 2. The van der Waals surface area contributed by atoms with E-state index in [0.717, 1.165) is 30.3 Å². The molecule has 8 heteroatoms. The number of carbonyl (C=O) groups excluding carboxylic acids is 1. The number of hydrogen-bond acceptors (Lipinski definition) is 7. The fourth-order valence-corrected chi connectivity index (χ4v) is 3.49. The summed E-state index contributed by atoms with van der Waals surface area (Å²) in [5.41, 5.74) is 1.57. The average Bonchev–Trinajstić information content (AvgIpc) is 2.80. The number of nitrogens with zero attached hydrogens (tertiary/aromatic N) is 6. The van der Waals surface area contributed by atoms with Crippen molar-refractivity contribution in [3.8, 4) is 11.4 Å². The molecule has 8 nitrogen and oxygen atoms in total. The fourth-order valence-electron chi connectivity index (χ4n) is 3.49. The predicted octanol–water partition coefficient (Wildman–Crippen LogP) is 2.39. The molecule has 3 aromatic heterocycles. The Balaban J connectivity index is 1.28. The second-order valence-electron chi connectivity index (χ2n) is 7.13. The molecule has 1 fully saturated rings. The number of aryl methyl sites for hydroxylation is 1. The van der Waals surface area contributed by atoms with Crippen LogP contribution in [0.2, 0.25) is 0 Å². The minimum absolute atomic E-state index is 0.152. The van der Waals surface area contributed by atoms with Gasteiger partial charge >= 0.3 is 0 Å². The molecule has 1 amide bonds. The number of nitrogens with one attached hydrogen (secondary N) is 1. The molecule has 154 valence electrons. The lowest BCUT2D eigenvalue weighted by Crippen LogP contribution is -2.49. The van der Waals surface area contributed by atoms with Gasteiger partial charge in [-0.05, 0) is 31.2 Å². The summed E-state index contributed by atoms with van der Waals surface area (Å²) < 4.78 is 0. The van der Waals surface area contributed by atoms with Gasteiger partial charge in [-0.3, -0.25) is 9.78 Å². The first kappa shape index (κ1) is 19.8. The van der Waals surface area contributed by atoms with E-state index in [1.807, 2.05) is 54.3 Å². The topological polar surface area (TPSA) is 87.1 Å². The van der Waals surface area contributed by atoms with Crippen molar-refractivity contribution in [2.45, 2.75) is 13.3 Å². The van der Waals surface area contributed by atoms with Crippen molar-refractivity contribution >= 4 is 17.5 Å². The highest BCUT2D eigenvalue weighted by Gasteiger charge is 2.21. The molecular weight excluding hydrogens is 378 g/mol. The van der Waals surface area contributed by atoms with Gasteiger partial charge in [-0.15, -0.1) is 0 Å². The molecule has 1 aliphatic rings. The Morgan fingerprint density at radius 1 is 0.967 bits per heavy atom. The van der Waals surface area contributed by atoms with Crippen molar-refractivity contribution in [3.63, 3.8) is 0 Å². The van der Waals surface area contributed by atoms with Crippen LogP contribution in [0.15, 0.2) is 54.9 Å². The first-order chi connectivity index (χ1) is 14.7. The third kappa shape index (κ3) is 4.89. The van der Waals surface area contributed by atoms with Crippen molar-refractivity contribution < 1.29 is 4.79 Å². The Morgan fingerprint density at radius 2 is 1.73 bits per heavy atom. The van der Waals surface area contributed by atoms with Crippen molar-refractivity contribution in [3.05, 3.63) is 60.7 Å². The number of carbonyl (C=O) groups is 1. The van der Waals surface area contributed by atoms with Gasteiger partial charge in [0.25, 0.3) is 0 Å². The van der Waals surface area contributed by atoms with Crippen LogP contribution < -0.4 is 10.2 Å². The molecule has 1 saturated heterocycles. The Bertz CT molecular complexity index is 973. The number of amides is 1. The van der Waals surface area contributed by atoms with Crippen molar-refractivity contribution in [2.24, 2.45) is 0 Å². The summed E-state index contributed by atoms with van der Waals surface area (Å²) >= 11 is 0. The zero-order valence-electron chi connectivity index (χ0n) is 17.0. The van der Waals surface area contributed by atoms with Gasteiger partial charge in [0.1, 0.15) is 17.5 Å². The van der Waals surface area contributed by atoms with Crippen LogP contribution in [0.3, 0.4) is 0 Å². The summed E-state index contributed by atoms with van der Waals surface area (Å²) in [5.74, 6) is 2.49. The third-order valence-electron chi connectivity index (χ3n) is 5.02. The van der Waals surface area contributed by atoms with Crippen LogP contribution in [0.5, 0.6) is 0 Å². The molecule has 30 heavy (non-hydrogen) atoms. The quantitative estimate of drug-likeness (QED) is 0.676. The van der Waals surface area contributed by atoms with Gasteiger partial charge in [0, 0.05) is 57.6 Å². The van der Waals surface area contributed by atoms with Crippen molar-refractivity contribution in [1.82, 2.24) is 24.8 Å². The third-order valence-corrected chi connectivity index (χ3v) is 5.02. The van der Waals surface area contributed by atoms with Crippen LogP contribution in [0.1, 0.15) is 12.2 Å². The number of anilines is 2. The minimum atomic E-state index is 0.152. The molecule has 0 unspecified atom stereocenters. The highest BCUT2D eigenvalue weighted by molar-refractivity contribution is 5.77. The second-order valence-corrected chi connectivity index (χ2v) is 7.13. The van der Waals surface area contributed by atoms with Gasteiger partial charge in [-0.2, -0.15) is 0 Å². The smallest absolute Gasteiger partial charge is 0.224 e. The number of aromatic nitrogens is 4. The van der Waals surface area contributed by atoms with E-state index >= 15 is 0 Å². The summed E-state index contributed by atoms with van der Waals surface area (Å²) in [4.78, 5) is 34.3. The molecule has 3 aromatic rings. The first-order valence-electron chi connectivity index (χ1n) is 10.1. The van der Waals surface area contributed by atoms with E-state index in [4.69, 9.17) is 0 Å². The highest BCUT2D eigenvalue weighted by Crippen LogP contribution is 2.17. The monoisotopic (exact) mass is 403 g/mol. The Labute approximate surface area is 176 Å². The van der Waals surface area contributed by atoms with Crippen LogP contribution in [0.4, 0.5) is 11.6 Å². The van der Waals surface area contributed by atoms with Gasteiger partial charge < -0.3 is 15.1 Å². The fraction of sp³-hybridized carbons (Fsp3) is 0.318. The van der Waals surface area contributed by atoms with Gasteiger partial charge in [0.15, 0.2) is 0 Å². The maximum absolute atomic E-state index is 12.6. The lowest BCUT2D eigenvalue weighted by molar-refractivity contribution is -0.131. The molecule has 0 aliphatic carbocycles. The first-order valence-corrected chi connectivity index (χ1v) is 10.1. The Hall–Kier alpha value is -3.55. The van der Waals surface area contributed by atoms with Crippen LogP contribution in [-0.4, -0.2) is 63.5 Å². The van der Waals surface area contributed by atoms with Crippen LogP contribution in [0, 0.1) is 6.92 Å². The molecule has 0 spiro atoms. The van der Waals surface area contributed by atoms with Gasteiger partial charge in [0.2, 0.25) is 5.91 Å². The second kappa shape index (κ2) is 9.30. The highest BCUT2D eigenvalue weighted by atomic mass is 16.2. The molecule has 0 bridgehead atoms. The maximum atomic E-state index is 12.6. The maximum Gasteiger partial charge on any atom is 0.224 e.